The number of carbonyl (C=O) groups excluding carboxylic acids is 1. The van der Waals surface area contributed by atoms with Gasteiger partial charge < -0.3 is 5.11 Å². The summed E-state index contributed by atoms with van der Waals surface area (Å²) in [6, 6.07) is 0. The van der Waals surface area contributed by atoms with Crippen LogP contribution in [0, 0.1) is 11.8 Å². The average Bonchev–Trinajstić information content (AvgIpc) is 2.75. The van der Waals surface area contributed by atoms with E-state index in [4.69, 9.17) is 5.11 Å². The fourth-order valence-corrected chi connectivity index (χ4v) is 4.55. The van der Waals surface area contributed by atoms with Gasteiger partial charge in [0.15, 0.2) is 0 Å². The normalized spacial score (nSPS) is 13.4. The molecule has 0 spiro atoms. The van der Waals surface area contributed by atoms with Gasteiger partial charge >= 0.3 is 0 Å². The monoisotopic (exact) mass is 438 g/mol. The highest BCUT2D eigenvalue weighted by atomic mass is 16.2. The van der Waals surface area contributed by atoms with Crippen molar-refractivity contribution < 1.29 is 9.90 Å². The van der Waals surface area contributed by atoms with E-state index < -0.39 is 0 Å². The number of ketones is 1. The molecule has 0 saturated carbocycles. The molecule has 2 unspecified atom stereocenters. The Morgan fingerprint density at radius 3 is 1.13 bits per heavy atom. The van der Waals surface area contributed by atoms with Gasteiger partial charge in [-0.3, -0.25) is 4.79 Å². The second-order valence-electron chi connectivity index (χ2n) is 10.4. The highest BCUT2D eigenvalue weighted by Crippen LogP contribution is 2.19. The van der Waals surface area contributed by atoms with E-state index in [9.17, 15) is 4.79 Å². The Morgan fingerprint density at radius 2 is 0.806 bits per heavy atom. The molecule has 2 nitrogen and oxygen atoms in total. The van der Waals surface area contributed by atoms with E-state index >= 15 is 0 Å². The molecule has 0 aromatic rings. The van der Waals surface area contributed by atoms with Gasteiger partial charge in [-0.2, -0.15) is 0 Å². The smallest absolute Gasteiger partial charge is 0.132 e. The lowest BCUT2D eigenvalue weighted by Gasteiger charge is -2.11. The van der Waals surface area contributed by atoms with E-state index in [0.717, 1.165) is 18.8 Å². The molecular formula is C29H58O2. The van der Waals surface area contributed by atoms with Crippen LogP contribution in [0.1, 0.15) is 162 Å². The first-order chi connectivity index (χ1) is 15.1. The Balaban J connectivity index is 3.19. The van der Waals surface area contributed by atoms with Crippen molar-refractivity contribution in [2.45, 2.75) is 162 Å². The number of rotatable bonds is 25. The van der Waals surface area contributed by atoms with E-state index in [1.54, 1.807) is 6.92 Å². The molecule has 0 heterocycles. The zero-order chi connectivity index (χ0) is 23.0. The molecule has 31 heavy (non-hydrogen) atoms. The molecule has 1 N–H and O–H groups in total. The third-order valence-corrected chi connectivity index (χ3v) is 7.13. The van der Waals surface area contributed by atoms with Crippen molar-refractivity contribution in [1.82, 2.24) is 0 Å². The van der Waals surface area contributed by atoms with E-state index in [1.165, 1.54) is 128 Å². The highest BCUT2D eigenvalue weighted by molar-refractivity contribution is 5.77. The Hall–Kier alpha value is -0.370. The predicted octanol–water partition coefficient (Wildman–Crippen LogP) is 9.42. The number of aliphatic hydroxyl groups excluding tert-OH is 1. The molecule has 0 fully saturated rings. The summed E-state index contributed by atoms with van der Waals surface area (Å²) < 4.78 is 0. The van der Waals surface area contributed by atoms with Crippen LogP contribution in [0.5, 0.6) is 0 Å². The lowest BCUT2D eigenvalue weighted by atomic mass is 9.95. The molecule has 0 aliphatic heterocycles. The van der Waals surface area contributed by atoms with Crippen molar-refractivity contribution in [2.24, 2.45) is 11.8 Å². The van der Waals surface area contributed by atoms with Crippen molar-refractivity contribution in [3.63, 3.8) is 0 Å². The summed E-state index contributed by atoms with van der Waals surface area (Å²) in [6.45, 7) is 6.60. The van der Waals surface area contributed by atoms with Gasteiger partial charge in [-0.05, 0) is 25.7 Å². The van der Waals surface area contributed by atoms with Crippen LogP contribution in [0.15, 0.2) is 0 Å². The van der Waals surface area contributed by atoms with Crippen molar-refractivity contribution in [3.05, 3.63) is 0 Å². The van der Waals surface area contributed by atoms with Crippen molar-refractivity contribution in [3.8, 4) is 0 Å². The van der Waals surface area contributed by atoms with Crippen LogP contribution >= 0.6 is 0 Å². The second kappa shape index (κ2) is 24.3. The summed E-state index contributed by atoms with van der Waals surface area (Å²) in [6.07, 6.45) is 29.7. The lowest BCUT2D eigenvalue weighted by Crippen LogP contribution is -2.05. The molecule has 2 atom stereocenters. The number of hydrogen-bond donors (Lipinski definition) is 1. The van der Waals surface area contributed by atoms with Gasteiger partial charge in [0, 0.05) is 12.5 Å². The number of unbranched alkanes of at least 4 members (excludes halogenated alkanes) is 17. The quantitative estimate of drug-likeness (QED) is 0.144. The molecule has 186 valence electrons. The lowest BCUT2D eigenvalue weighted by molar-refractivity contribution is -0.120. The van der Waals surface area contributed by atoms with Crippen molar-refractivity contribution in [1.29, 1.82) is 0 Å². The molecule has 0 aliphatic rings. The first kappa shape index (κ1) is 30.6. The van der Waals surface area contributed by atoms with Gasteiger partial charge in [0.25, 0.3) is 0 Å². The molecule has 0 aliphatic carbocycles. The minimum Gasteiger partial charge on any atom is -0.396 e. The fraction of sp³-hybridized carbons (Fsp3) is 0.966. The zero-order valence-electron chi connectivity index (χ0n) is 21.8. The Labute approximate surface area is 196 Å². The third kappa shape index (κ3) is 24.1. The van der Waals surface area contributed by atoms with Crippen molar-refractivity contribution in [2.75, 3.05) is 6.61 Å². The largest absolute Gasteiger partial charge is 0.396 e. The van der Waals surface area contributed by atoms with Gasteiger partial charge in [-0.15, -0.1) is 0 Å². The molecule has 0 aromatic carbocycles. The number of carbonyl (C=O) groups is 1. The molecule has 2 heteroatoms. The van der Waals surface area contributed by atoms with E-state index in [0.29, 0.717) is 12.4 Å². The topological polar surface area (TPSA) is 37.3 Å². The molecule has 0 bridgehead atoms. The zero-order valence-corrected chi connectivity index (χ0v) is 21.8. The van der Waals surface area contributed by atoms with Crippen molar-refractivity contribution >= 4 is 5.78 Å². The number of Topliss-reactive ketones (excluding diaryl/α,β-unsaturated/α-hetero) is 1. The first-order valence-corrected chi connectivity index (χ1v) is 14.2. The van der Waals surface area contributed by atoms with Crippen LogP contribution in [0.25, 0.3) is 0 Å². The minimum atomic E-state index is 0.267. The Bertz CT molecular complexity index is 366. The highest BCUT2D eigenvalue weighted by Gasteiger charge is 2.06. The molecule has 0 saturated heterocycles. The molecule has 0 rings (SSSR count). The van der Waals surface area contributed by atoms with Crippen LogP contribution < -0.4 is 0 Å². The van der Waals surface area contributed by atoms with Crippen LogP contribution in [0.4, 0.5) is 0 Å². The van der Waals surface area contributed by atoms with E-state index in [2.05, 4.69) is 13.8 Å². The SMILES string of the molecule is CC(=O)C(C)CCCCCCCC(C)CCCCCCCCCCCCCCCCO. The van der Waals surface area contributed by atoms with Gasteiger partial charge in [-0.1, -0.05) is 142 Å². The van der Waals surface area contributed by atoms with Crippen LogP contribution in [-0.2, 0) is 4.79 Å². The fourth-order valence-electron chi connectivity index (χ4n) is 4.55. The van der Waals surface area contributed by atoms with Gasteiger partial charge in [-0.25, -0.2) is 0 Å². The molecule has 0 amide bonds. The molecular weight excluding hydrogens is 380 g/mol. The standard InChI is InChI=1S/C29H58O2/c1-27(24-20-16-14-17-21-25-28(2)29(3)31)23-19-15-12-10-8-6-4-5-7-9-11-13-18-22-26-30/h27-28,30H,4-26H2,1-3H3. The van der Waals surface area contributed by atoms with Crippen LogP contribution in [-0.4, -0.2) is 17.5 Å². The van der Waals surface area contributed by atoms with Gasteiger partial charge in [0.05, 0.1) is 0 Å². The average molecular weight is 439 g/mol. The minimum absolute atomic E-state index is 0.267. The summed E-state index contributed by atoms with van der Waals surface area (Å²) in [5.74, 6) is 1.52. The maximum absolute atomic E-state index is 11.2. The summed E-state index contributed by atoms with van der Waals surface area (Å²) in [7, 11) is 0. The molecule has 0 aromatic heterocycles. The Morgan fingerprint density at radius 1 is 0.516 bits per heavy atom. The predicted molar refractivity (Wildman–Crippen MR) is 138 cm³/mol. The maximum Gasteiger partial charge on any atom is 0.132 e. The van der Waals surface area contributed by atoms with Gasteiger partial charge in [0.2, 0.25) is 0 Å². The summed E-state index contributed by atoms with van der Waals surface area (Å²) in [5.41, 5.74) is 0. The third-order valence-electron chi connectivity index (χ3n) is 7.13. The van der Waals surface area contributed by atoms with Crippen LogP contribution in [0.2, 0.25) is 0 Å². The van der Waals surface area contributed by atoms with E-state index in [1.807, 2.05) is 0 Å². The van der Waals surface area contributed by atoms with Gasteiger partial charge in [0.1, 0.15) is 5.78 Å². The maximum atomic E-state index is 11.2. The molecule has 0 radical (unpaired) electrons. The summed E-state index contributed by atoms with van der Waals surface area (Å²) in [5, 5.41) is 8.76. The summed E-state index contributed by atoms with van der Waals surface area (Å²) in [4.78, 5) is 11.2. The Kier molecular flexibility index (Phi) is 24.0. The second-order valence-corrected chi connectivity index (χ2v) is 10.4. The number of hydrogen-bond acceptors (Lipinski definition) is 2. The van der Waals surface area contributed by atoms with E-state index in [-0.39, 0.29) is 5.92 Å². The summed E-state index contributed by atoms with van der Waals surface area (Å²) >= 11 is 0. The first-order valence-electron chi connectivity index (χ1n) is 14.2. The van der Waals surface area contributed by atoms with Crippen LogP contribution in [0.3, 0.4) is 0 Å². The number of aliphatic hydroxyl groups is 1.